The molecular formula is C15H18N2O3. The van der Waals surface area contributed by atoms with Crippen molar-refractivity contribution in [3.63, 3.8) is 0 Å². The Labute approximate surface area is 117 Å². The van der Waals surface area contributed by atoms with E-state index >= 15 is 0 Å². The molecule has 0 spiro atoms. The van der Waals surface area contributed by atoms with E-state index in [-0.39, 0.29) is 5.75 Å². The van der Waals surface area contributed by atoms with Gasteiger partial charge in [0.1, 0.15) is 11.6 Å². The van der Waals surface area contributed by atoms with Crippen molar-refractivity contribution in [1.82, 2.24) is 9.97 Å². The Bertz CT molecular complexity index is 618. The van der Waals surface area contributed by atoms with E-state index < -0.39 is 5.56 Å². The van der Waals surface area contributed by atoms with Crippen LogP contribution in [0.15, 0.2) is 35.3 Å². The molecule has 5 nitrogen and oxygen atoms in total. The summed E-state index contributed by atoms with van der Waals surface area (Å²) in [4.78, 5) is 17.8. The zero-order chi connectivity index (χ0) is 14.5. The predicted molar refractivity (Wildman–Crippen MR) is 76.1 cm³/mol. The Morgan fingerprint density at radius 3 is 2.60 bits per heavy atom. The molecule has 0 unspecified atom stereocenters. The molecule has 1 aromatic heterocycles. The van der Waals surface area contributed by atoms with Crippen LogP contribution in [0.5, 0.6) is 11.5 Å². The van der Waals surface area contributed by atoms with Gasteiger partial charge in [0, 0.05) is 6.42 Å². The number of H-pyrrole nitrogens is 1. The number of aromatic amines is 1. The summed E-state index contributed by atoms with van der Waals surface area (Å²) in [7, 11) is 0. The first-order valence-corrected chi connectivity index (χ1v) is 6.53. The fraction of sp³-hybridized carbons (Fsp3) is 0.333. The lowest BCUT2D eigenvalue weighted by Crippen LogP contribution is -2.10. The van der Waals surface area contributed by atoms with E-state index in [2.05, 4.69) is 23.8 Å². The summed E-state index contributed by atoms with van der Waals surface area (Å²) in [5.74, 6) is 1.46. The van der Waals surface area contributed by atoms with Gasteiger partial charge >= 0.3 is 0 Å². The molecule has 0 atom stereocenters. The molecule has 0 aliphatic heterocycles. The second kappa shape index (κ2) is 6.23. The van der Waals surface area contributed by atoms with Crippen molar-refractivity contribution >= 4 is 0 Å². The molecule has 0 saturated heterocycles. The molecule has 0 fully saturated rings. The summed E-state index contributed by atoms with van der Waals surface area (Å²) < 4.78 is 5.60. The van der Waals surface area contributed by atoms with Crippen LogP contribution < -0.4 is 10.3 Å². The summed E-state index contributed by atoms with van der Waals surface area (Å²) in [6.45, 7) is 4.88. The molecule has 5 heteroatoms. The number of aromatic nitrogens is 2. The maximum Gasteiger partial charge on any atom is 0.293 e. The fourth-order valence-corrected chi connectivity index (χ4v) is 1.67. The highest BCUT2D eigenvalue weighted by Gasteiger charge is 2.03. The lowest BCUT2D eigenvalue weighted by molar-refractivity contribution is 0.271. The Morgan fingerprint density at radius 1 is 1.30 bits per heavy atom. The van der Waals surface area contributed by atoms with Crippen molar-refractivity contribution < 1.29 is 9.84 Å². The molecule has 2 rings (SSSR count). The molecule has 0 saturated carbocycles. The van der Waals surface area contributed by atoms with Crippen molar-refractivity contribution in [2.24, 2.45) is 5.92 Å². The third-order valence-corrected chi connectivity index (χ3v) is 2.71. The van der Waals surface area contributed by atoms with Crippen molar-refractivity contribution in [3.8, 4) is 11.5 Å². The van der Waals surface area contributed by atoms with Gasteiger partial charge in [-0.2, -0.15) is 0 Å². The van der Waals surface area contributed by atoms with Crippen LogP contribution in [-0.2, 0) is 6.42 Å². The molecule has 0 aliphatic rings. The minimum Gasteiger partial charge on any atom is -0.502 e. The third kappa shape index (κ3) is 3.85. The van der Waals surface area contributed by atoms with E-state index in [0.29, 0.717) is 24.8 Å². The SMILES string of the molecule is CC(C)COc1ccc(Cc2ncc(O)c(=O)[nH]2)cc1. The highest BCUT2D eigenvalue weighted by atomic mass is 16.5. The summed E-state index contributed by atoms with van der Waals surface area (Å²) in [6.07, 6.45) is 1.66. The first-order chi connectivity index (χ1) is 9.54. The molecule has 0 bridgehead atoms. The van der Waals surface area contributed by atoms with Gasteiger partial charge in [-0.15, -0.1) is 0 Å². The van der Waals surface area contributed by atoms with Crippen LogP contribution in [0.25, 0.3) is 0 Å². The number of aromatic hydroxyl groups is 1. The van der Waals surface area contributed by atoms with E-state index in [1.807, 2.05) is 24.3 Å². The predicted octanol–water partition coefficient (Wildman–Crippen LogP) is 2.10. The van der Waals surface area contributed by atoms with Gasteiger partial charge in [-0.25, -0.2) is 4.98 Å². The lowest BCUT2D eigenvalue weighted by atomic mass is 10.1. The van der Waals surface area contributed by atoms with Crippen molar-refractivity contribution in [2.45, 2.75) is 20.3 Å². The van der Waals surface area contributed by atoms with Crippen LogP contribution in [-0.4, -0.2) is 21.7 Å². The van der Waals surface area contributed by atoms with Crippen molar-refractivity contribution in [1.29, 1.82) is 0 Å². The average molecular weight is 274 g/mol. The molecule has 2 N–H and O–H groups in total. The van der Waals surface area contributed by atoms with Gasteiger partial charge in [0.15, 0.2) is 5.75 Å². The van der Waals surface area contributed by atoms with Gasteiger partial charge in [0.2, 0.25) is 0 Å². The zero-order valence-corrected chi connectivity index (χ0v) is 11.6. The van der Waals surface area contributed by atoms with Crippen LogP contribution in [0.2, 0.25) is 0 Å². The number of hydrogen-bond donors (Lipinski definition) is 2. The van der Waals surface area contributed by atoms with Gasteiger partial charge < -0.3 is 14.8 Å². The summed E-state index contributed by atoms with van der Waals surface area (Å²) in [5, 5.41) is 9.13. The highest BCUT2D eigenvalue weighted by Crippen LogP contribution is 2.14. The van der Waals surface area contributed by atoms with Gasteiger partial charge in [0.25, 0.3) is 5.56 Å². The van der Waals surface area contributed by atoms with Crippen LogP contribution in [0.1, 0.15) is 25.2 Å². The maximum absolute atomic E-state index is 11.3. The first-order valence-electron chi connectivity index (χ1n) is 6.53. The number of nitrogens with zero attached hydrogens (tertiary/aromatic N) is 1. The van der Waals surface area contributed by atoms with Crippen LogP contribution in [0.3, 0.4) is 0 Å². The molecule has 1 aromatic carbocycles. The molecule has 106 valence electrons. The van der Waals surface area contributed by atoms with E-state index in [1.54, 1.807) is 0 Å². The molecule has 0 amide bonds. The first kappa shape index (κ1) is 14.1. The van der Waals surface area contributed by atoms with Crippen LogP contribution in [0.4, 0.5) is 0 Å². The minimum absolute atomic E-state index is 0.369. The zero-order valence-electron chi connectivity index (χ0n) is 11.6. The molecular weight excluding hydrogens is 256 g/mol. The van der Waals surface area contributed by atoms with Gasteiger partial charge in [-0.05, 0) is 23.6 Å². The van der Waals surface area contributed by atoms with E-state index in [0.717, 1.165) is 17.5 Å². The van der Waals surface area contributed by atoms with E-state index in [9.17, 15) is 4.79 Å². The summed E-state index contributed by atoms with van der Waals surface area (Å²) in [6, 6.07) is 7.66. The fourth-order valence-electron chi connectivity index (χ4n) is 1.67. The normalized spacial score (nSPS) is 10.8. The summed E-state index contributed by atoms with van der Waals surface area (Å²) in [5.41, 5.74) is 0.489. The maximum atomic E-state index is 11.3. The molecule has 2 aromatic rings. The van der Waals surface area contributed by atoms with Gasteiger partial charge in [0.05, 0.1) is 12.8 Å². The number of hydrogen-bond acceptors (Lipinski definition) is 4. The Kier molecular flexibility index (Phi) is 4.40. The number of nitrogens with one attached hydrogen (secondary N) is 1. The van der Waals surface area contributed by atoms with Crippen molar-refractivity contribution in [3.05, 3.63) is 52.2 Å². The quantitative estimate of drug-likeness (QED) is 0.875. The topological polar surface area (TPSA) is 75.2 Å². The third-order valence-electron chi connectivity index (χ3n) is 2.71. The Morgan fingerprint density at radius 2 is 2.00 bits per heavy atom. The van der Waals surface area contributed by atoms with E-state index in [4.69, 9.17) is 9.84 Å². The van der Waals surface area contributed by atoms with Gasteiger partial charge in [-0.3, -0.25) is 4.79 Å². The second-order valence-corrected chi connectivity index (χ2v) is 5.07. The highest BCUT2D eigenvalue weighted by molar-refractivity contribution is 5.29. The monoisotopic (exact) mass is 274 g/mol. The minimum atomic E-state index is -0.521. The molecule has 1 heterocycles. The standard InChI is InChI=1S/C15H18N2O3/c1-10(2)9-20-12-5-3-11(4-6-12)7-14-16-8-13(18)15(19)17-14/h3-6,8,10,18H,7,9H2,1-2H3,(H,16,17,19). The van der Waals surface area contributed by atoms with Gasteiger partial charge in [-0.1, -0.05) is 26.0 Å². The van der Waals surface area contributed by atoms with Crippen molar-refractivity contribution in [2.75, 3.05) is 6.61 Å². The summed E-state index contributed by atoms with van der Waals surface area (Å²) >= 11 is 0. The van der Waals surface area contributed by atoms with Crippen LogP contribution in [0, 0.1) is 5.92 Å². The largest absolute Gasteiger partial charge is 0.502 e. The van der Waals surface area contributed by atoms with E-state index in [1.165, 1.54) is 0 Å². The Hall–Kier alpha value is -2.30. The number of benzene rings is 1. The number of rotatable bonds is 5. The number of ether oxygens (including phenoxy) is 1. The van der Waals surface area contributed by atoms with Crippen LogP contribution >= 0.6 is 0 Å². The molecule has 20 heavy (non-hydrogen) atoms. The smallest absolute Gasteiger partial charge is 0.293 e. The Balaban J connectivity index is 2.03. The molecule has 0 radical (unpaired) electrons. The lowest BCUT2D eigenvalue weighted by Gasteiger charge is -2.09. The second-order valence-electron chi connectivity index (χ2n) is 5.07. The molecule has 0 aliphatic carbocycles. The average Bonchev–Trinajstić information content (AvgIpc) is 2.42.